The molecule has 100 valence electrons. The summed E-state index contributed by atoms with van der Waals surface area (Å²) >= 11 is 3.30. The molecule has 0 aliphatic heterocycles. The molecule has 5 heteroatoms. The molecule has 0 aromatic heterocycles. The molecule has 1 N–H and O–H groups in total. The summed E-state index contributed by atoms with van der Waals surface area (Å²) in [6.07, 6.45) is -0.618. The fourth-order valence-electron chi connectivity index (χ4n) is 1.36. The van der Waals surface area contributed by atoms with Crippen molar-refractivity contribution in [3.8, 4) is 0 Å². The summed E-state index contributed by atoms with van der Waals surface area (Å²) in [5, 5.41) is 2.51. The number of alkyl halides is 1. The Morgan fingerprint density at radius 1 is 1.39 bits per heavy atom. The number of halogens is 2. The summed E-state index contributed by atoms with van der Waals surface area (Å²) in [4.78, 5) is 11.6. The molecule has 0 fully saturated rings. The number of nitrogens with one attached hydrogen (secondary N) is 1. The molecule has 1 atom stereocenters. The summed E-state index contributed by atoms with van der Waals surface area (Å²) in [6.45, 7) is 4.60. The number of hydrogen-bond acceptors (Lipinski definition) is 2. The fourth-order valence-corrected chi connectivity index (χ4v) is 1.62. The van der Waals surface area contributed by atoms with E-state index in [0.29, 0.717) is 5.56 Å². The van der Waals surface area contributed by atoms with Crippen LogP contribution < -0.4 is 5.32 Å². The van der Waals surface area contributed by atoms with Gasteiger partial charge in [0.25, 0.3) is 0 Å². The van der Waals surface area contributed by atoms with E-state index in [9.17, 15) is 9.18 Å². The molecular formula is C13H17BrFNO2. The minimum absolute atomic E-state index is 0.593. The van der Waals surface area contributed by atoms with E-state index < -0.39 is 24.4 Å². The van der Waals surface area contributed by atoms with E-state index >= 15 is 0 Å². The Morgan fingerprint density at radius 2 is 1.94 bits per heavy atom. The van der Waals surface area contributed by atoms with Gasteiger partial charge in [0.05, 0.1) is 6.04 Å². The van der Waals surface area contributed by atoms with Crippen molar-refractivity contribution in [3.63, 3.8) is 0 Å². The predicted molar refractivity (Wildman–Crippen MR) is 72.2 cm³/mol. The molecule has 1 unspecified atom stereocenters. The zero-order valence-electron chi connectivity index (χ0n) is 10.7. The van der Waals surface area contributed by atoms with Crippen molar-refractivity contribution in [2.24, 2.45) is 0 Å². The van der Waals surface area contributed by atoms with E-state index in [4.69, 9.17) is 4.74 Å². The van der Waals surface area contributed by atoms with Crippen LogP contribution in [-0.4, -0.2) is 18.4 Å². The standard InChI is InChI=1S/C13H17BrFNO2/c1-13(2,3)18-12(17)16-11(8-15)9-4-6-10(14)7-5-9/h4-7,11H,8H2,1-3H3,(H,16,17). The summed E-state index contributed by atoms with van der Waals surface area (Å²) in [5.74, 6) is 0. The van der Waals surface area contributed by atoms with Gasteiger partial charge in [-0.05, 0) is 38.5 Å². The number of ether oxygens (including phenoxy) is 1. The Bertz CT molecular complexity index is 400. The molecular weight excluding hydrogens is 301 g/mol. The fraction of sp³-hybridized carbons (Fsp3) is 0.462. The van der Waals surface area contributed by atoms with Crippen LogP contribution in [0.2, 0.25) is 0 Å². The van der Waals surface area contributed by atoms with E-state index in [1.54, 1.807) is 45.0 Å². The molecule has 1 aromatic carbocycles. The van der Waals surface area contributed by atoms with Crippen LogP contribution in [0.5, 0.6) is 0 Å². The molecule has 0 saturated heterocycles. The lowest BCUT2D eigenvalue weighted by Gasteiger charge is -2.22. The zero-order valence-corrected chi connectivity index (χ0v) is 12.3. The van der Waals surface area contributed by atoms with Gasteiger partial charge >= 0.3 is 6.09 Å². The van der Waals surface area contributed by atoms with Gasteiger partial charge in [0.15, 0.2) is 0 Å². The lowest BCUT2D eigenvalue weighted by molar-refractivity contribution is 0.0495. The molecule has 0 spiro atoms. The van der Waals surface area contributed by atoms with Crippen molar-refractivity contribution < 1.29 is 13.9 Å². The van der Waals surface area contributed by atoms with Crippen molar-refractivity contribution in [2.75, 3.05) is 6.67 Å². The topological polar surface area (TPSA) is 38.3 Å². The quantitative estimate of drug-likeness (QED) is 0.915. The van der Waals surface area contributed by atoms with Gasteiger partial charge < -0.3 is 10.1 Å². The highest BCUT2D eigenvalue weighted by Gasteiger charge is 2.20. The van der Waals surface area contributed by atoms with Crippen LogP contribution >= 0.6 is 15.9 Å². The monoisotopic (exact) mass is 317 g/mol. The maximum absolute atomic E-state index is 13.0. The Morgan fingerprint density at radius 3 is 2.39 bits per heavy atom. The average molecular weight is 318 g/mol. The smallest absolute Gasteiger partial charge is 0.408 e. The molecule has 0 bridgehead atoms. The Kier molecular flexibility index (Phi) is 5.14. The Balaban J connectivity index is 2.68. The number of amides is 1. The number of alkyl carbamates (subject to hydrolysis) is 1. The Labute approximate surface area is 115 Å². The molecule has 0 radical (unpaired) electrons. The van der Waals surface area contributed by atoms with Gasteiger partial charge in [-0.15, -0.1) is 0 Å². The van der Waals surface area contributed by atoms with Crippen LogP contribution in [0.25, 0.3) is 0 Å². The number of benzene rings is 1. The molecule has 0 heterocycles. The lowest BCUT2D eigenvalue weighted by Crippen LogP contribution is -2.35. The second kappa shape index (κ2) is 6.18. The first-order chi connectivity index (χ1) is 8.31. The van der Waals surface area contributed by atoms with E-state index in [-0.39, 0.29) is 0 Å². The molecule has 0 saturated carbocycles. The van der Waals surface area contributed by atoms with Gasteiger partial charge in [-0.2, -0.15) is 0 Å². The highest BCUT2D eigenvalue weighted by atomic mass is 79.9. The first-order valence-electron chi connectivity index (χ1n) is 5.63. The maximum Gasteiger partial charge on any atom is 0.408 e. The number of carbonyl (C=O) groups excluding carboxylic acids is 1. The van der Waals surface area contributed by atoms with Gasteiger partial charge in [0.1, 0.15) is 12.3 Å². The molecule has 3 nitrogen and oxygen atoms in total. The summed E-state index contributed by atoms with van der Waals surface area (Å²) in [5.41, 5.74) is 0.108. The van der Waals surface area contributed by atoms with Crippen LogP contribution in [0.4, 0.5) is 9.18 Å². The highest BCUT2D eigenvalue weighted by Crippen LogP contribution is 2.18. The largest absolute Gasteiger partial charge is 0.444 e. The van der Waals surface area contributed by atoms with Crippen molar-refractivity contribution in [2.45, 2.75) is 32.4 Å². The summed E-state index contributed by atoms with van der Waals surface area (Å²) in [6, 6.07) is 6.42. The maximum atomic E-state index is 13.0. The highest BCUT2D eigenvalue weighted by molar-refractivity contribution is 9.10. The molecule has 1 amide bonds. The average Bonchev–Trinajstić information content (AvgIpc) is 2.25. The van der Waals surface area contributed by atoms with Crippen LogP contribution in [0.1, 0.15) is 32.4 Å². The van der Waals surface area contributed by atoms with Crippen molar-refractivity contribution >= 4 is 22.0 Å². The van der Waals surface area contributed by atoms with E-state index in [2.05, 4.69) is 21.2 Å². The second-order valence-electron chi connectivity index (χ2n) is 4.90. The third-order valence-electron chi connectivity index (χ3n) is 2.12. The molecule has 1 aromatic rings. The van der Waals surface area contributed by atoms with E-state index in [1.165, 1.54) is 0 Å². The molecule has 0 aliphatic rings. The summed E-state index contributed by atoms with van der Waals surface area (Å²) in [7, 11) is 0. The third kappa shape index (κ3) is 5.04. The first kappa shape index (κ1) is 15.0. The minimum atomic E-state index is -0.687. The predicted octanol–water partition coefficient (Wildman–Crippen LogP) is 3.98. The normalized spacial score (nSPS) is 12.9. The first-order valence-corrected chi connectivity index (χ1v) is 6.42. The van der Waals surface area contributed by atoms with Gasteiger partial charge in [-0.1, -0.05) is 28.1 Å². The number of hydrogen-bond donors (Lipinski definition) is 1. The third-order valence-corrected chi connectivity index (χ3v) is 2.65. The SMILES string of the molecule is CC(C)(C)OC(=O)NC(CF)c1ccc(Br)cc1. The van der Waals surface area contributed by atoms with Gasteiger partial charge in [0, 0.05) is 4.47 Å². The second-order valence-corrected chi connectivity index (χ2v) is 5.82. The van der Waals surface area contributed by atoms with Gasteiger partial charge in [0.2, 0.25) is 0 Å². The van der Waals surface area contributed by atoms with E-state index in [1.807, 2.05) is 0 Å². The number of rotatable bonds is 3. The van der Waals surface area contributed by atoms with Gasteiger partial charge in [-0.25, -0.2) is 9.18 Å². The van der Waals surface area contributed by atoms with Crippen LogP contribution in [0.15, 0.2) is 28.7 Å². The molecule has 18 heavy (non-hydrogen) atoms. The Hall–Kier alpha value is -1.10. The number of carbonyl (C=O) groups is 1. The van der Waals surface area contributed by atoms with Crippen molar-refractivity contribution in [1.29, 1.82) is 0 Å². The summed E-state index contributed by atoms with van der Waals surface area (Å²) < 4.78 is 18.9. The van der Waals surface area contributed by atoms with Crippen LogP contribution in [-0.2, 0) is 4.74 Å². The lowest BCUT2D eigenvalue weighted by atomic mass is 10.1. The van der Waals surface area contributed by atoms with Crippen molar-refractivity contribution in [1.82, 2.24) is 5.32 Å². The molecule has 1 rings (SSSR count). The minimum Gasteiger partial charge on any atom is -0.444 e. The molecule has 0 aliphatic carbocycles. The van der Waals surface area contributed by atoms with Crippen LogP contribution in [0.3, 0.4) is 0 Å². The van der Waals surface area contributed by atoms with Crippen molar-refractivity contribution in [3.05, 3.63) is 34.3 Å². The zero-order chi connectivity index (χ0) is 13.8. The van der Waals surface area contributed by atoms with Gasteiger partial charge in [-0.3, -0.25) is 0 Å². The van der Waals surface area contributed by atoms with Crippen LogP contribution in [0, 0.1) is 0 Å². The van der Waals surface area contributed by atoms with E-state index in [0.717, 1.165) is 4.47 Å².